The van der Waals surface area contributed by atoms with Crippen LogP contribution >= 0.6 is 0 Å². The molecule has 1 rings (SSSR count). The number of nitro groups is 1. The number of alkyl halides is 2. The molecule has 0 unspecified atom stereocenters. The maximum absolute atomic E-state index is 12.5. The molecule has 0 saturated heterocycles. The summed E-state index contributed by atoms with van der Waals surface area (Å²) in [5.74, 6) is -1.93. The number of aromatic nitrogens is 1. The minimum Gasteiger partial charge on any atom is -0.505 e. The maximum atomic E-state index is 12.5. The second-order valence-electron chi connectivity index (χ2n) is 3.40. The zero-order chi connectivity index (χ0) is 14.6. The van der Waals surface area contributed by atoms with E-state index in [2.05, 4.69) is 9.72 Å². The van der Waals surface area contributed by atoms with Crippen LogP contribution in [-0.2, 0) is 16.0 Å². The van der Waals surface area contributed by atoms with E-state index in [1.807, 2.05) is 0 Å². The summed E-state index contributed by atoms with van der Waals surface area (Å²) in [7, 11) is 0. The Balaban J connectivity index is 3.26. The normalized spacial score (nSPS) is 10.5. The topological polar surface area (TPSA) is 103 Å². The van der Waals surface area contributed by atoms with Crippen molar-refractivity contribution in [3.05, 3.63) is 27.6 Å². The molecule has 0 fully saturated rings. The molecular formula is C10H10F2N2O5. The average Bonchev–Trinajstić information content (AvgIpc) is 2.31. The number of ether oxygens (including phenoxy) is 1. The van der Waals surface area contributed by atoms with Gasteiger partial charge in [0.1, 0.15) is 11.9 Å². The summed E-state index contributed by atoms with van der Waals surface area (Å²) in [6.45, 7) is 1.55. The van der Waals surface area contributed by atoms with E-state index in [4.69, 9.17) is 0 Å². The Labute approximate surface area is 106 Å². The lowest BCUT2D eigenvalue weighted by Gasteiger charge is -2.08. The first-order valence-corrected chi connectivity index (χ1v) is 5.17. The number of nitrogens with zero attached hydrogens (tertiary/aromatic N) is 2. The summed E-state index contributed by atoms with van der Waals surface area (Å²) in [6.07, 6.45) is -3.21. The number of aromatic hydroxyl groups is 1. The first kappa shape index (κ1) is 14.7. The second kappa shape index (κ2) is 6.03. The number of carbonyl (C=O) groups excluding carboxylic acids is 1. The SMILES string of the molecule is CCOC(=O)Cc1c([N+](=O)[O-])cnc(C(F)F)c1O. The number of halogens is 2. The van der Waals surface area contributed by atoms with Crippen LogP contribution in [0.3, 0.4) is 0 Å². The molecule has 0 amide bonds. The molecule has 1 aromatic rings. The monoisotopic (exact) mass is 276 g/mol. The maximum Gasteiger partial charge on any atom is 0.310 e. The lowest BCUT2D eigenvalue weighted by molar-refractivity contribution is -0.386. The molecule has 0 aliphatic carbocycles. The highest BCUT2D eigenvalue weighted by Gasteiger charge is 2.27. The Kier molecular flexibility index (Phi) is 4.67. The molecule has 1 aromatic heterocycles. The van der Waals surface area contributed by atoms with Gasteiger partial charge in [-0.25, -0.2) is 13.8 Å². The molecule has 9 heteroatoms. The number of hydrogen-bond donors (Lipinski definition) is 1. The van der Waals surface area contributed by atoms with E-state index in [9.17, 15) is 28.8 Å². The predicted molar refractivity (Wildman–Crippen MR) is 57.9 cm³/mol. The summed E-state index contributed by atoms with van der Waals surface area (Å²) in [5, 5.41) is 20.3. The van der Waals surface area contributed by atoms with Gasteiger partial charge in [0.05, 0.1) is 23.5 Å². The van der Waals surface area contributed by atoms with Crippen molar-refractivity contribution in [1.29, 1.82) is 0 Å². The molecule has 104 valence electrons. The molecule has 0 aliphatic heterocycles. The van der Waals surface area contributed by atoms with Gasteiger partial charge < -0.3 is 9.84 Å². The number of esters is 1. The largest absolute Gasteiger partial charge is 0.505 e. The highest BCUT2D eigenvalue weighted by atomic mass is 19.3. The molecule has 0 atom stereocenters. The van der Waals surface area contributed by atoms with E-state index in [1.165, 1.54) is 6.92 Å². The van der Waals surface area contributed by atoms with Crippen molar-refractivity contribution in [2.45, 2.75) is 19.8 Å². The van der Waals surface area contributed by atoms with Crippen LogP contribution in [0.5, 0.6) is 5.75 Å². The molecule has 1 heterocycles. The van der Waals surface area contributed by atoms with Crippen molar-refractivity contribution >= 4 is 11.7 Å². The van der Waals surface area contributed by atoms with Gasteiger partial charge in [-0.3, -0.25) is 14.9 Å². The van der Waals surface area contributed by atoms with Gasteiger partial charge >= 0.3 is 5.97 Å². The van der Waals surface area contributed by atoms with Gasteiger partial charge in [0.2, 0.25) is 0 Å². The van der Waals surface area contributed by atoms with Crippen molar-refractivity contribution in [3.63, 3.8) is 0 Å². The molecular weight excluding hydrogens is 266 g/mol. The molecule has 0 radical (unpaired) electrons. The van der Waals surface area contributed by atoms with Gasteiger partial charge in [0.15, 0.2) is 5.75 Å². The molecule has 0 spiro atoms. The fraction of sp³-hybridized carbons (Fsp3) is 0.400. The van der Waals surface area contributed by atoms with E-state index in [-0.39, 0.29) is 6.61 Å². The Morgan fingerprint density at radius 3 is 2.74 bits per heavy atom. The number of hydrogen-bond acceptors (Lipinski definition) is 6. The van der Waals surface area contributed by atoms with Crippen LogP contribution in [-0.4, -0.2) is 27.6 Å². The quantitative estimate of drug-likeness (QED) is 0.499. The van der Waals surface area contributed by atoms with E-state index in [0.29, 0.717) is 6.20 Å². The Hall–Kier alpha value is -2.32. The molecule has 19 heavy (non-hydrogen) atoms. The number of rotatable bonds is 5. The zero-order valence-corrected chi connectivity index (χ0v) is 9.80. The van der Waals surface area contributed by atoms with Gasteiger partial charge in [0, 0.05) is 0 Å². The van der Waals surface area contributed by atoms with Crippen molar-refractivity contribution in [3.8, 4) is 5.75 Å². The third-order valence-corrected chi connectivity index (χ3v) is 2.19. The van der Waals surface area contributed by atoms with Gasteiger partial charge in [0.25, 0.3) is 12.1 Å². The summed E-state index contributed by atoms with van der Waals surface area (Å²) in [6, 6.07) is 0. The zero-order valence-electron chi connectivity index (χ0n) is 9.80. The minimum absolute atomic E-state index is 0.0280. The molecule has 0 saturated carbocycles. The fourth-order valence-corrected chi connectivity index (χ4v) is 1.39. The van der Waals surface area contributed by atoms with Crippen LogP contribution in [0.15, 0.2) is 6.20 Å². The highest BCUT2D eigenvalue weighted by molar-refractivity contribution is 5.75. The first-order valence-electron chi connectivity index (χ1n) is 5.17. The Morgan fingerprint density at radius 2 is 2.26 bits per heavy atom. The van der Waals surface area contributed by atoms with Crippen molar-refractivity contribution in [2.24, 2.45) is 0 Å². The predicted octanol–water partition coefficient (Wildman–Crippen LogP) is 1.74. The van der Waals surface area contributed by atoms with Crippen LogP contribution in [0.1, 0.15) is 24.6 Å². The van der Waals surface area contributed by atoms with Crippen molar-refractivity contribution in [1.82, 2.24) is 4.98 Å². The van der Waals surface area contributed by atoms with E-state index >= 15 is 0 Å². The van der Waals surface area contributed by atoms with Gasteiger partial charge in [-0.05, 0) is 6.92 Å². The van der Waals surface area contributed by atoms with Crippen LogP contribution in [0, 0.1) is 10.1 Å². The van der Waals surface area contributed by atoms with Crippen LogP contribution < -0.4 is 0 Å². The second-order valence-corrected chi connectivity index (χ2v) is 3.40. The lowest BCUT2D eigenvalue weighted by Crippen LogP contribution is -2.11. The molecule has 7 nitrogen and oxygen atoms in total. The third kappa shape index (κ3) is 3.33. The average molecular weight is 276 g/mol. The summed E-state index contributed by atoms with van der Waals surface area (Å²) in [5.41, 5.74) is -2.26. The molecule has 1 N–H and O–H groups in total. The Bertz CT molecular complexity index is 507. The minimum atomic E-state index is -3.11. The van der Waals surface area contributed by atoms with Crippen molar-refractivity contribution in [2.75, 3.05) is 6.61 Å². The van der Waals surface area contributed by atoms with Crippen LogP contribution in [0.2, 0.25) is 0 Å². The van der Waals surface area contributed by atoms with E-state index in [0.717, 1.165) is 0 Å². The Morgan fingerprint density at radius 1 is 1.63 bits per heavy atom. The van der Waals surface area contributed by atoms with Crippen LogP contribution in [0.25, 0.3) is 0 Å². The lowest BCUT2D eigenvalue weighted by atomic mass is 10.1. The van der Waals surface area contributed by atoms with Gasteiger partial charge in [-0.1, -0.05) is 0 Å². The summed E-state index contributed by atoms with van der Waals surface area (Å²) in [4.78, 5) is 24.2. The fourth-order valence-electron chi connectivity index (χ4n) is 1.39. The molecule has 0 bridgehead atoms. The van der Waals surface area contributed by atoms with Crippen LogP contribution in [0.4, 0.5) is 14.5 Å². The third-order valence-electron chi connectivity index (χ3n) is 2.19. The van der Waals surface area contributed by atoms with E-state index < -0.39 is 46.4 Å². The first-order chi connectivity index (χ1) is 8.88. The van der Waals surface area contributed by atoms with Crippen molar-refractivity contribution < 1.29 is 28.3 Å². The standard InChI is InChI=1S/C10H10F2N2O5/c1-2-19-7(15)3-5-6(14(17)18)4-13-8(9(5)16)10(11)12/h4,10,16H,2-3H2,1H3. The highest BCUT2D eigenvalue weighted by Crippen LogP contribution is 2.34. The molecule has 0 aliphatic rings. The summed E-state index contributed by atoms with van der Waals surface area (Å²) < 4.78 is 29.6. The van der Waals surface area contributed by atoms with Gasteiger partial charge in [-0.2, -0.15) is 0 Å². The smallest absolute Gasteiger partial charge is 0.310 e. The van der Waals surface area contributed by atoms with Gasteiger partial charge in [-0.15, -0.1) is 0 Å². The molecule has 0 aromatic carbocycles. The number of pyridine rings is 1. The van der Waals surface area contributed by atoms with E-state index in [1.54, 1.807) is 0 Å². The summed E-state index contributed by atoms with van der Waals surface area (Å²) >= 11 is 0. The number of carbonyl (C=O) groups is 1.